The molecule has 0 saturated carbocycles. The zero-order chi connectivity index (χ0) is 14.7. The van der Waals surface area contributed by atoms with Gasteiger partial charge in [-0.1, -0.05) is 35.4 Å². The van der Waals surface area contributed by atoms with E-state index in [0.717, 1.165) is 11.6 Å². The summed E-state index contributed by atoms with van der Waals surface area (Å²) in [5, 5.41) is 3.10. The molecule has 106 valence electrons. The normalized spacial score (nSPS) is 12.4. The monoisotopic (exact) mass is 275 g/mol. The van der Waals surface area contributed by atoms with E-state index in [0.29, 0.717) is 12.0 Å². The van der Waals surface area contributed by atoms with Crippen molar-refractivity contribution in [2.45, 2.75) is 26.3 Å². The lowest BCUT2D eigenvalue weighted by molar-refractivity contribution is 0.521. The van der Waals surface area contributed by atoms with E-state index in [-0.39, 0.29) is 6.04 Å². The topological polar surface area (TPSA) is 12.0 Å². The van der Waals surface area contributed by atoms with Crippen LogP contribution in [0.3, 0.4) is 0 Å². The van der Waals surface area contributed by atoms with Crippen molar-refractivity contribution >= 4 is 0 Å². The predicted octanol–water partition coefficient (Wildman–Crippen LogP) is 4.08. The Morgan fingerprint density at radius 3 is 2.20 bits per heavy atom. The molecule has 0 radical (unpaired) electrons. The largest absolute Gasteiger partial charge is 0.313 e. The molecule has 0 bridgehead atoms. The molecular formula is C17H19F2N. The van der Waals surface area contributed by atoms with Gasteiger partial charge in [-0.25, -0.2) is 8.78 Å². The third-order valence-corrected chi connectivity index (χ3v) is 3.41. The Morgan fingerprint density at radius 1 is 1.00 bits per heavy atom. The summed E-state index contributed by atoms with van der Waals surface area (Å²) < 4.78 is 26.9. The molecule has 0 aliphatic heterocycles. The van der Waals surface area contributed by atoms with Crippen molar-refractivity contribution in [1.29, 1.82) is 0 Å². The number of hydrogen-bond acceptors (Lipinski definition) is 1. The molecular weight excluding hydrogens is 256 g/mol. The van der Waals surface area contributed by atoms with E-state index in [2.05, 4.69) is 23.5 Å². The number of benzene rings is 2. The Bertz CT molecular complexity index is 588. The van der Waals surface area contributed by atoms with Gasteiger partial charge in [0.05, 0.1) is 0 Å². The predicted molar refractivity (Wildman–Crippen MR) is 77.8 cm³/mol. The average Bonchev–Trinajstić information content (AvgIpc) is 2.35. The summed E-state index contributed by atoms with van der Waals surface area (Å²) in [6, 6.07) is 9.87. The maximum absolute atomic E-state index is 13.9. The van der Waals surface area contributed by atoms with Crippen LogP contribution >= 0.6 is 0 Å². The fourth-order valence-electron chi connectivity index (χ4n) is 2.57. The number of rotatable bonds is 4. The molecule has 0 aliphatic carbocycles. The Balaban J connectivity index is 2.28. The summed E-state index contributed by atoms with van der Waals surface area (Å²) in [6.45, 7) is 4.09. The third-order valence-electron chi connectivity index (χ3n) is 3.41. The summed E-state index contributed by atoms with van der Waals surface area (Å²) in [6.07, 6.45) is 0.668. The fourth-order valence-corrected chi connectivity index (χ4v) is 2.57. The van der Waals surface area contributed by atoms with Crippen LogP contribution in [0.5, 0.6) is 0 Å². The van der Waals surface area contributed by atoms with Gasteiger partial charge in [-0.15, -0.1) is 0 Å². The summed E-state index contributed by atoms with van der Waals surface area (Å²) in [4.78, 5) is 0. The second kappa shape index (κ2) is 6.14. The highest BCUT2D eigenvalue weighted by Gasteiger charge is 2.15. The molecule has 0 aliphatic rings. The van der Waals surface area contributed by atoms with Gasteiger partial charge >= 0.3 is 0 Å². The summed E-state index contributed by atoms with van der Waals surface area (Å²) in [5.74, 6) is -1.05. The Labute approximate surface area is 118 Å². The molecule has 0 aromatic heterocycles. The first-order chi connectivity index (χ1) is 9.49. The maximum atomic E-state index is 13.9. The second-order valence-corrected chi connectivity index (χ2v) is 5.21. The minimum Gasteiger partial charge on any atom is -0.313 e. The molecule has 3 heteroatoms. The van der Waals surface area contributed by atoms with E-state index in [4.69, 9.17) is 0 Å². The highest BCUT2D eigenvalue weighted by atomic mass is 19.1. The Kier molecular flexibility index (Phi) is 4.50. The van der Waals surface area contributed by atoms with Gasteiger partial charge in [0.1, 0.15) is 11.6 Å². The molecule has 20 heavy (non-hydrogen) atoms. The first-order valence-electron chi connectivity index (χ1n) is 6.69. The van der Waals surface area contributed by atoms with Gasteiger partial charge in [-0.05, 0) is 38.9 Å². The lowest BCUT2D eigenvalue weighted by atomic mass is 9.96. The van der Waals surface area contributed by atoms with Crippen molar-refractivity contribution in [3.8, 4) is 0 Å². The maximum Gasteiger partial charge on any atom is 0.130 e. The lowest BCUT2D eigenvalue weighted by Gasteiger charge is -2.18. The molecule has 1 N–H and O–H groups in total. The van der Waals surface area contributed by atoms with Crippen LogP contribution in [-0.4, -0.2) is 7.05 Å². The van der Waals surface area contributed by atoms with Gasteiger partial charge in [0.25, 0.3) is 0 Å². The van der Waals surface area contributed by atoms with E-state index >= 15 is 0 Å². The van der Waals surface area contributed by atoms with Crippen molar-refractivity contribution in [2.24, 2.45) is 0 Å². The first kappa shape index (κ1) is 14.7. The van der Waals surface area contributed by atoms with Crippen LogP contribution < -0.4 is 5.32 Å². The minimum absolute atomic E-state index is 0.170. The van der Waals surface area contributed by atoms with Crippen LogP contribution in [0, 0.1) is 25.5 Å². The highest BCUT2D eigenvalue weighted by molar-refractivity contribution is 5.31. The van der Waals surface area contributed by atoms with E-state index in [1.807, 2.05) is 13.8 Å². The number of likely N-dealkylation sites (N-methyl/N-ethyl adjacent to an activating group) is 1. The summed E-state index contributed by atoms with van der Waals surface area (Å²) >= 11 is 0. The van der Waals surface area contributed by atoms with Gasteiger partial charge < -0.3 is 5.32 Å². The molecule has 1 atom stereocenters. The van der Waals surface area contributed by atoms with Crippen molar-refractivity contribution in [1.82, 2.24) is 5.32 Å². The molecule has 2 rings (SSSR count). The van der Waals surface area contributed by atoms with E-state index < -0.39 is 11.6 Å². The van der Waals surface area contributed by atoms with Gasteiger partial charge in [-0.2, -0.15) is 0 Å². The summed E-state index contributed by atoms with van der Waals surface area (Å²) in [5.41, 5.74) is 4.02. The second-order valence-electron chi connectivity index (χ2n) is 5.21. The van der Waals surface area contributed by atoms with Crippen molar-refractivity contribution in [3.63, 3.8) is 0 Å². The minimum atomic E-state index is -0.549. The Morgan fingerprint density at radius 2 is 1.65 bits per heavy atom. The molecule has 0 spiro atoms. The SMILES string of the molecule is CNC(Cc1cc(C)cc(C)c1)c1ccc(F)cc1F. The van der Waals surface area contributed by atoms with Crippen molar-refractivity contribution in [2.75, 3.05) is 7.05 Å². The number of nitrogens with one attached hydrogen (secondary N) is 1. The van der Waals surface area contributed by atoms with Gasteiger partial charge in [0, 0.05) is 17.7 Å². The van der Waals surface area contributed by atoms with Crippen LogP contribution in [0.25, 0.3) is 0 Å². The fraction of sp³-hybridized carbons (Fsp3) is 0.294. The molecule has 1 nitrogen and oxygen atoms in total. The first-order valence-corrected chi connectivity index (χ1v) is 6.69. The molecule has 0 amide bonds. The molecule has 0 saturated heterocycles. The smallest absolute Gasteiger partial charge is 0.130 e. The molecule has 0 fully saturated rings. The van der Waals surface area contributed by atoms with Crippen LogP contribution in [0.1, 0.15) is 28.3 Å². The van der Waals surface area contributed by atoms with Crippen molar-refractivity contribution < 1.29 is 8.78 Å². The van der Waals surface area contributed by atoms with E-state index in [1.54, 1.807) is 7.05 Å². The van der Waals surface area contributed by atoms with Crippen LogP contribution in [0.15, 0.2) is 36.4 Å². The van der Waals surface area contributed by atoms with E-state index in [9.17, 15) is 8.78 Å². The number of halogens is 2. The quantitative estimate of drug-likeness (QED) is 0.886. The standard InChI is InChI=1S/C17H19F2N/c1-11-6-12(2)8-13(7-11)9-17(20-3)15-5-4-14(18)10-16(15)19/h4-8,10,17,20H,9H2,1-3H3. The van der Waals surface area contributed by atoms with Crippen molar-refractivity contribution in [3.05, 3.63) is 70.3 Å². The zero-order valence-electron chi connectivity index (χ0n) is 12.0. The van der Waals surface area contributed by atoms with E-state index in [1.165, 1.54) is 23.3 Å². The molecule has 2 aromatic rings. The third kappa shape index (κ3) is 3.42. The van der Waals surface area contributed by atoms with Crippen LogP contribution in [-0.2, 0) is 6.42 Å². The highest BCUT2D eigenvalue weighted by Crippen LogP contribution is 2.23. The van der Waals surface area contributed by atoms with Gasteiger partial charge in [0.15, 0.2) is 0 Å². The molecule has 0 heterocycles. The van der Waals surface area contributed by atoms with Crippen LogP contribution in [0.4, 0.5) is 8.78 Å². The average molecular weight is 275 g/mol. The zero-order valence-corrected chi connectivity index (χ0v) is 12.0. The molecule has 2 aromatic carbocycles. The van der Waals surface area contributed by atoms with Gasteiger partial charge in [-0.3, -0.25) is 0 Å². The Hall–Kier alpha value is -1.74. The number of hydrogen-bond donors (Lipinski definition) is 1. The number of aryl methyl sites for hydroxylation is 2. The lowest BCUT2D eigenvalue weighted by Crippen LogP contribution is -2.20. The summed E-state index contributed by atoms with van der Waals surface area (Å²) in [7, 11) is 1.79. The van der Waals surface area contributed by atoms with Crippen LogP contribution in [0.2, 0.25) is 0 Å². The molecule has 1 unspecified atom stereocenters. The van der Waals surface area contributed by atoms with Gasteiger partial charge in [0.2, 0.25) is 0 Å².